The van der Waals surface area contributed by atoms with Gasteiger partial charge in [-0.1, -0.05) is 18.2 Å². The van der Waals surface area contributed by atoms with Crippen LogP contribution < -0.4 is 10.6 Å². The van der Waals surface area contributed by atoms with E-state index in [1.54, 1.807) is 6.26 Å². The normalized spacial score (nSPS) is 12.0. The molecule has 0 radical (unpaired) electrons. The molecule has 1 aromatic carbocycles. The second-order valence-electron chi connectivity index (χ2n) is 5.38. The first-order valence-electron chi connectivity index (χ1n) is 7.79. The summed E-state index contributed by atoms with van der Waals surface area (Å²) in [6, 6.07) is 13.8. The van der Waals surface area contributed by atoms with Crippen LogP contribution in [-0.4, -0.2) is 28.4 Å². The van der Waals surface area contributed by atoms with Crippen molar-refractivity contribution in [2.45, 2.75) is 12.5 Å². The Bertz CT molecular complexity index is 800. The molecule has 0 aliphatic rings. The van der Waals surface area contributed by atoms with Crippen molar-refractivity contribution < 1.29 is 9.52 Å². The first-order chi connectivity index (χ1) is 11.8. The number of pyridine rings is 1. The molecule has 3 rings (SSSR count). The summed E-state index contributed by atoms with van der Waals surface area (Å²) in [5.41, 5.74) is 2.13. The van der Waals surface area contributed by atoms with E-state index in [0.29, 0.717) is 18.1 Å². The maximum atomic E-state index is 8.91. The number of furan rings is 1. The molecule has 0 amide bonds. The number of nitrogens with one attached hydrogen (secondary N) is 2. The molecule has 6 heteroatoms. The topological polar surface area (TPSA) is 70.3 Å². The van der Waals surface area contributed by atoms with Crippen LogP contribution in [0.2, 0.25) is 0 Å². The monoisotopic (exact) mass is 341 g/mol. The first-order valence-corrected chi connectivity index (χ1v) is 8.20. The second kappa shape index (κ2) is 7.90. The number of fused-ring (bicyclic) bond motifs is 1. The Balaban J connectivity index is 1.84. The first kappa shape index (κ1) is 16.4. The average Bonchev–Trinajstić information content (AvgIpc) is 3.14. The van der Waals surface area contributed by atoms with E-state index in [4.69, 9.17) is 21.7 Å². The van der Waals surface area contributed by atoms with E-state index >= 15 is 0 Å². The van der Waals surface area contributed by atoms with Gasteiger partial charge in [-0.2, -0.15) is 0 Å². The van der Waals surface area contributed by atoms with Gasteiger partial charge in [0.15, 0.2) is 5.11 Å². The summed E-state index contributed by atoms with van der Waals surface area (Å²) in [6.45, 7) is 0.442. The Morgan fingerprint density at radius 3 is 2.88 bits per heavy atom. The lowest BCUT2D eigenvalue weighted by atomic mass is 10.0. The maximum Gasteiger partial charge on any atom is 0.166 e. The molecular formula is C18H19N3O2S. The van der Waals surface area contributed by atoms with Gasteiger partial charge in [-0.05, 0) is 42.0 Å². The van der Waals surface area contributed by atoms with Crippen LogP contribution in [0.25, 0.3) is 10.9 Å². The minimum atomic E-state index is -0.107. The number of hydrogen-bond donors (Lipinski definition) is 3. The standard InChI is InChI=1S/C18H19N3O2S/c22-10-9-20-18(24)21-16(17-6-3-11-23-17)12-13-7-8-19-15-5-2-1-4-14(13)15/h1-8,11,16,22H,9-10,12H2,(H2,20,21,24). The van der Waals surface area contributed by atoms with Crippen molar-refractivity contribution in [3.8, 4) is 0 Å². The number of para-hydroxylation sites is 1. The van der Waals surface area contributed by atoms with E-state index in [1.165, 1.54) is 5.56 Å². The quantitative estimate of drug-likeness (QED) is 0.599. The molecule has 0 saturated carbocycles. The molecule has 124 valence electrons. The third-order valence-corrected chi connectivity index (χ3v) is 4.01. The third-order valence-electron chi connectivity index (χ3n) is 3.75. The Kier molecular flexibility index (Phi) is 5.40. The van der Waals surface area contributed by atoms with Crippen LogP contribution in [0, 0.1) is 0 Å². The van der Waals surface area contributed by atoms with Crippen LogP contribution in [0.1, 0.15) is 17.4 Å². The summed E-state index contributed by atoms with van der Waals surface area (Å²) < 4.78 is 5.57. The summed E-state index contributed by atoms with van der Waals surface area (Å²) >= 11 is 5.29. The predicted molar refractivity (Wildman–Crippen MR) is 97.7 cm³/mol. The number of aliphatic hydroxyl groups is 1. The van der Waals surface area contributed by atoms with Crippen LogP contribution >= 0.6 is 12.2 Å². The van der Waals surface area contributed by atoms with Crippen molar-refractivity contribution in [1.29, 1.82) is 0 Å². The summed E-state index contributed by atoms with van der Waals surface area (Å²) in [4.78, 5) is 4.40. The highest BCUT2D eigenvalue weighted by molar-refractivity contribution is 7.80. The van der Waals surface area contributed by atoms with Gasteiger partial charge in [0.1, 0.15) is 5.76 Å². The molecule has 0 bridgehead atoms. The van der Waals surface area contributed by atoms with Crippen molar-refractivity contribution in [3.05, 3.63) is 66.2 Å². The molecule has 0 spiro atoms. The number of thiocarbonyl (C=S) groups is 1. The van der Waals surface area contributed by atoms with Gasteiger partial charge >= 0.3 is 0 Å². The van der Waals surface area contributed by atoms with Crippen LogP contribution in [0.3, 0.4) is 0 Å². The minimum absolute atomic E-state index is 0.0300. The molecule has 2 heterocycles. The Labute approximate surface area is 145 Å². The van der Waals surface area contributed by atoms with Gasteiger partial charge in [-0.15, -0.1) is 0 Å². The molecule has 1 unspecified atom stereocenters. The third kappa shape index (κ3) is 3.90. The van der Waals surface area contributed by atoms with Crippen LogP contribution in [-0.2, 0) is 6.42 Å². The zero-order valence-corrected chi connectivity index (χ0v) is 13.9. The molecule has 3 N–H and O–H groups in total. The van der Waals surface area contributed by atoms with Crippen molar-refractivity contribution in [2.75, 3.05) is 13.2 Å². The largest absolute Gasteiger partial charge is 0.467 e. The molecule has 0 aliphatic heterocycles. The fourth-order valence-corrected chi connectivity index (χ4v) is 2.89. The van der Waals surface area contributed by atoms with Crippen molar-refractivity contribution in [2.24, 2.45) is 0 Å². The highest BCUT2D eigenvalue weighted by Crippen LogP contribution is 2.24. The Morgan fingerprint density at radius 1 is 1.21 bits per heavy atom. The van der Waals surface area contributed by atoms with Crippen molar-refractivity contribution >= 4 is 28.2 Å². The van der Waals surface area contributed by atoms with Gasteiger partial charge in [-0.3, -0.25) is 4.98 Å². The molecule has 0 saturated heterocycles. The lowest BCUT2D eigenvalue weighted by molar-refractivity contribution is 0.300. The Hall–Kier alpha value is -2.44. The van der Waals surface area contributed by atoms with Crippen LogP contribution in [0.15, 0.2) is 59.3 Å². The van der Waals surface area contributed by atoms with E-state index < -0.39 is 0 Å². The van der Waals surface area contributed by atoms with E-state index in [9.17, 15) is 0 Å². The number of hydrogen-bond acceptors (Lipinski definition) is 4. The smallest absolute Gasteiger partial charge is 0.166 e. The zero-order chi connectivity index (χ0) is 16.8. The molecule has 0 fully saturated rings. The van der Waals surface area contributed by atoms with Crippen LogP contribution in [0.5, 0.6) is 0 Å². The fourth-order valence-electron chi connectivity index (χ4n) is 2.64. The number of aromatic nitrogens is 1. The predicted octanol–water partition coefficient (Wildman–Crippen LogP) is 2.57. The molecule has 1 atom stereocenters. The number of rotatable bonds is 6. The molecular weight excluding hydrogens is 322 g/mol. The fraction of sp³-hybridized carbons (Fsp3) is 0.222. The zero-order valence-electron chi connectivity index (χ0n) is 13.1. The van der Waals surface area contributed by atoms with Gasteiger partial charge in [0.25, 0.3) is 0 Å². The van der Waals surface area contributed by atoms with Crippen molar-refractivity contribution in [1.82, 2.24) is 15.6 Å². The molecule has 0 aliphatic carbocycles. The summed E-state index contributed by atoms with van der Waals surface area (Å²) in [6.07, 6.45) is 4.18. The maximum absolute atomic E-state index is 8.91. The van der Waals surface area contributed by atoms with E-state index in [0.717, 1.165) is 16.7 Å². The number of benzene rings is 1. The number of aliphatic hydroxyl groups excluding tert-OH is 1. The SMILES string of the molecule is OCCNC(=S)NC(Cc1ccnc2ccccc12)c1ccco1. The molecule has 24 heavy (non-hydrogen) atoms. The highest BCUT2D eigenvalue weighted by Gasteiger charge is 2.17. The van der Waals surface area contributed by atoms with Gasteiger partial charge in [0, 0.05) is 24.5 Å². The second-order valence-corrected chi connectivity index (χ2v) is 5.79. The minimum Gasteiger partial charge on any atom is -0.467 e. The van der Waals surface area contributed by atoms with Gasteiger partial charge in [-0.25, -0.2) is 0 Å². The van der Waals surface area contributed by atoms with Gasteiger partial charge in [0.2, 0.25) is 0 Å². The highest BCUT2D eigenvalue weighted by atomic mass is 32.1. The van der Waals surface area contributed by atoms with Gasteiger partial charge in [0.05, 0.1) is 24.4 Å². The van der Waals surface area contributed by atoms with Crippen molar-refractivity contribution in [3.63, 3.8) is 0 Å². The summed E-state index contributed by atoms with van der Waals surface area (Å²) in [7, 11) is 0. The number of nitrogens with zero attached hydrogens (tertiary/aromatic N) is 1. The van der Waals surface area contributed by atoms with E-state index in [2.05, 4.69) is 21.7 Å². The Morgan fingerprint density at radius 2 is 2.08 bits per heavy atom. The van der Waals surface area contributed by atoms with E-state index in [-0.39, 0.29) is 12.6 Å². The molecule has 3 aromatic rings. The molecule has 2 aromatic heterocycles. The molecule has 5 nitrogen and oxygen atoms in total. The van der Waals surface area contributed by atoms with Crippen LogP contribution in [0.4, 0.5) is 0 Å². The van der Waals surface area contributed by atoms with Gasteiger partial charge < -0.3 is 20.2 Å². The average molecular weight is 341 g/mol. The summed E-state index contributed by atoms with van der Waals surface area (Å²) in [5, 5.41) is 16.7. The lowest BCUT2D eigenvalue weighted by Gasteiger charge is -2.20. The lowest BCUT2D eigenvalue weighted by Crippen LogP contribution is -2.39. The summed E-state index contributed by atoms with van der Waals surface area (Å²) in [5.74, 6) is 0.809. The van der Waals surface area contributed by atoms with E-state index in [1.807, 2.05) is 42.6 Å².